The highest BCUT2D eigenvalue weighted by atomic mass is 16.3. The molecule has 4 aliphatic carbocycles. The number of hydrogen-bond acceptors (Lipinski definition) is 4. The van der Waals surface area contributed by atoms with Crippen molar-refractivity contribution in [2.45, 2.75) is 67.2 Å². The van der Waals surface area contributed by atoms with Crippen LogP contribution in [-0.4, -0.2) is 29.7 Å². The van der Waals surface area contributed by atoms with Gasteiger partial charge in [0.05, 0.1) is 5.29 Å². The highest BCUT2D eigenvalue weighted by Gasteiger charge is 2.68. The van der Waals surface area contributed by atoms with E-state index in [9.17, 15) is 14.5 Å². The van der Waals surface area contributed by atoms with Crippen molar-refractivity contribution in [3.05, 3.63) is 4.91 Å². The molecule has 5 heteroatoms. The molecule has 4 aliphatic rings. The molecule has 0 N–H and O–H groups in total. The molecule has 0 saturated heterocycles. The second-order valence-corrected chi connectivity index (χ2v) is 11.3. The summed E-state index contributed by atoms with van der Waals surface area (Å²) >= 11 is 0. The summed E-state index contributed by atoms with van der Waals surface area (Å²) in [5.74, 6) is 0.947. The molecule has 27 heavy (non-hydrogen) atoms. The predicted octanol–water partition coefficient (Wildman–Crippen LogP) is 4.25. The fourth-order valence-electron chi connectivity index (χ4n) is 7.56. The molecule has 4 fully saturated rings. The van der Waals surface area contributed by atoms with E-state index in [1.165, 1.54) is 5.01 Å². The van der Waals surface area contributed by atoms with Crippen LogP contribution >= 0.6 is 0 Å². The molecular weight excluding hydrogens is 340 g/mol. The van der Waals surface area contributed by atoms with Gasteiger partial charge in [0.2, 0.25) is 0 Å². The van der Waals surface area contributed by atoms with E-state index in [0.717, 1.165) is 25.7 Å². The number of hydrogen-bond donors (Lipinski definition) is 0. The zero-order chi connectivity index (χ0) is 20.0. The summed E-state index contributed by atoms with van der Waals surface area (Å²) in [4.78, 5) is 37.8. The van der Waals surface area contributed by atoms with Gasteiger partial charge in [0.25, 0.3) is 0 Å². The monoisotopic (exact) mass is 374 g/mol. The normalized spacial score (nSPS) is 46.3. The average Bonchev–Trinajstić information content (AvgIpc) is 3.07. The Morgan fingerprint density at radius 3 is 1.44 bits per heavy atom. The molecule has 0 aromatic rings. The molecular formula is C22H34N2O3. The number of ketones is 2. The molecule has 5 nitrogen and oxygen atoms in total. The summed E-state index contributed by atoms with van der Waals surface area (Å²) in [7, 11) is 0. The standard InChI is InChI=1S/C22H34N2O3/c1-19(2)15-7-9-21(19,5)17(25)13(15)11-24(23-27)12-14-16-8-10-22(6,18(14)26)20(16,3)4/h13-16H,7-12H2,1-6H3/t13-,14-,15-,16+,21+,22+/m1/s1. The van der Waals surface area contributed by atoms with Crippen LogP contribution in [0.15, 0.2) is 5.29 Å². The Morgan fingerprint density at radius 2 is 1.19 bits per heavy atom. The molecule has 150 valence electrons. The third-order valence-electron chi connectivity index (χ3n) is 10.3. The lowest BCUT2D eigenvalue weighted by atomic mass is 9.70. The van der Waals surface area contributed by atoms with E-state index in [1.807, 2.05) is 0 Å². The number of Topliss-reactive ketones (excluding diaryl/α,β-unsaturated/α-hetero) is 2. The lowest BCUT2D eigenvalue weighted by Crippen LogP contribution is -2.41. The van der Waals surface area contributed by atoms with Crippen LogP contribution in [0.1, 0.15) is 67.2 Å². The topological polar surface area (TPSA) is 66.8 Å². The summed E-state index contributed by atoms with van der Waals surface area (Å²) in [6.07, 6.45) is 3.99. The molecule has 4 saturated carbocycles. The van der Waals surface area contributed by atoms with Crippen LogP contribution in [0.4, 0.5) is 0 Å². The van der Waals surface area contributed by atoms with Gasteiger partial charge in [-0.25, -0.2) is 0 Å². The molecule has 0 spiro atoms. The quantitative estimate of drug-likeness (QED) is 0.533. The van der Waals surface area contributed by atoms with E-state index in [-0.39, 0.29) is 33.5 Å². The highest BCUT2D eigenvalue weighted by Crippen LogP contribution is 2.67. The number of nitrogens with zero attached hydrogens (tertiary/aromatic N) is 2. The maximum Gasteiger partial charge on any atom is 0.144 e. The van der Waals surface area contributed by atoms with Gasteiger partial charge in [0.1, 0.15) is 11.6 Å². The summed E-state index contributed by atoms with van der Waals surface area (Å²) in [5.41, 5.74) is -0.620. The van der Waals surface area contributed by atoms with Crippen molar-refractivity contribution in [3.8, 4) is 0 Å². The number of fused-ring (bicyclic) bond motifs is 4. The Morgan fingerprint density at radius 1 is 0.815 bits per heavy atom. The van der Waals surface area contributed by atoms with Gasteiger partial charge in [-0.05, 0) is 48.3 Å². The van der Waals surface area contributed by atoms with Crippen LogP contribution in [0.2, 0.25) is 0 Å². The lowest BCUT2D eigenvalue weighted by molar-refractivity contribution is -0.132. The maximum absolute atomic E-state index is 13.1. The number of carbonyl (C=O) groups is 2. The third kappa shape index (κ3) is 2.06. The van der Waals surface area contributed by atoms with Gasteiger partial charge in [0.15, 0.2) is 0 Å². The smallest absolute Gasteiger partial charge is 0.144 e. The summed E-state index contributed by atoms with van der Waals surface area (Å²) < 4.78 is 0. The van der Waals surface area contributed by atoms with Gasteiger partial charge in [0, 0.05) is 35.8 Å². The van der Waals surface area contributed by atoms with Gasteiger partial charge < -0.3 is 0 Å². The van der Waals surface area contributed by atoms with E-state index in [4.69, 9.17) is 0 Å². The number of nitroso groups, excluding NO2 is 1. The van der Waals surface area contributed by atoms with Crippen LogP contribution in [0.3, 0.4) is 0 Å². The Hall–Kier alpha value is -1.26. The van der Waals surface area contributed by atoms with E-state index in [1.54, 1.807) is 0 Å². The van der Waals surface area contributed by atoms with Crippen molar-refractivity contribution in [2.24, 2.45) is 50.6 Å². The second-order valence-electron chi connectivity index (χ2n) is 11.3. The Balaban J connectivity index is 1.52. The predicted molar refractivity (Wildman–Crippen MR) is 104 cm³/mol. The van der Waals surface area contributed by atoms with Crippen molar-refractivity contribution in [2.75, 3.05) is 13.1 Å². The first-order valence-corrected chi connectivity index (χ1v) is 10.6. The van der Waals surface area contributed by atoms with Gasteiger partial charge >= 0.3 is 0 Å². The fourth-order valence-corrected chi connectivity index (χ4v) is 7.56. The molecule has 6 atom stereocenters. The van der Waals surface area contributed by atoms with Crippen LogP contribution < -0.4 is 0 Å². The fraction of sp³-hybridized carbons (Fsp3) is 0.909. The van der Waals surface area contributed by atoms with Gasteiger partial charge in [-0.2, -0.15) is 0 Å². The number of rotatable bonds is 5. The van der Waals surface area contributed by atoms with Crippen LogP contribution in [0.5, 0.6) is 0 Å². The van der Waals surface area contributed by atoms with Crippen LogP contribution in [-0.2, 0) is 9.59 Å². The van der Waals surface area contributed by atoms with Crippen molar-refractivity contribution in [3.63, 3.8) is 0 Å². The largest absolute Gasteiger partial charge is 0.299 e. The SMILES string of the molecule is CC1(C)[C@@H]2CC[C@@]1(C)C(=O)[C@@H]2CN(C[C@H]1C(=O)[C@]2(C)CC[C@@H]1C2(C)C)N=O. The summed E-state index contributed by atoms with van der Waals surface area (Å²) in [6.45, 7) is 13.7. The summed E-state index contributed by atoms with van der Waals surface area (Å²) in [6, 6.07) is 0. The molecule has 0 aromatic heterocycles. The van der Waals surface area contributed by atoms with Crippen molar-refractivity contribution >= 4 is 11.6 Å². The Kier molecular flexibility index (Phi) is 3.83. The van der Waals surface area contributed by atoms with Crippen molar-refractivity contribution in [1.29, 1.82) is 0 Å². The molecule has 0 aromatic carbocycles. The maximum atomic E-state index is 13.1. The van der Waals surface area contributed by atoms with Crippen LogP contribution in [0, 0.1) is 50.2 Å². The van der Waals surface area contributed by atoms with Crippen molar-refractivity contribution < 1.29 is 9.59 Å². The summed E-state index contributed by atoms with van der Waals surface area (Å²) in [5, 5.41) is 4.78. The van der Waals surface area contributed by atoms with E-state index in [0.29, 0.717) is 36.5 Å². The van der Waals surface area contributed by atoms with Gasteiger partial charge in [-0.3, -0.25) is 14.6 Å². The van der Waals surface area contributed by atoms with E-state index in [2.05, 4.69) is 46.8 Å². The first-order chi connectivity index (χ1) is 12.4. The molecule has 0 radical (unpaired) electrons. The Labute approximate surface area is 162 Å². The molecule has 0 unspecified atom stereocenters. The zero-order valence-corrected chi connectivity index (χ0v) is 17.7. The molecule has 0 heterocycles. The molecule has 0 aliphatic heterocycles. The highest BCUT2D eigenvalue weighted by molar-refractivity contribution is 5.92. The van der Waals surface area contributed by atoms with Crippen molar-refractivity contribution in [1.82, 2.24) is 5.01 Å². The first-order valence-electron chi connectivity index (χ1n) is 10.6. The second kappa shape index (κ2) is 5.42. The van der Waals surface area contributed by atoms with E-state index < -0.39 is 0 Å². The van der Waals surface area contributed by atoms with E-state index >= 15 is 0 Å². The molecule has 4 rings (SSSR count). The van der Waals surface area contributed by atoms with Gasteiger partial charge in [-0.15, -0.1) is 4.91 Å². The first kappa shape index (κ1) is 19.1. The van der Waals surface area contributed by atoms with Crippen LogP contribution in [0.25, 0.3) is 0 Å². The Bertz CT molecular complexity index is 658. The molecule has 0 amide bonds. The van der Waals surface area contributed by atoms with Gasteiger partial charge in [-0.1, -0.05) is 41.5 Å². The molecule has 4 bridgehead atoms. The average molecular weight is 375 g/mol. The third-order valence-corrected chi connectivity index (χ3v) is 10.3. The minimum absolute atomic E-state index is 0.0268. The zero-order valence-electron chi connectivity index (χ0n) is 17.7. The minimum atomic E-state index is -0.283. The minimum Gasteiger partial charge on any atom is -0.299 e. The number of carbonyl (C=O) groups excluding carboxylic acids is 2. The lowest BCUT2D eigenvalue weighted by Gasteiger charge is -2.32.